The zero-order chi connectivity index (χ0) is 21.5. The van der Waals surface area contributed by atoms with Crippen LogP contribution >= 0.6 is 0 Å². The number of aryl methyl sites for hydroxylation is 1. The predicted octanol–water partition coefficient (Wildman–Crippen LogP) is 3.82. The number of halogens is 1. The van der Waals surface area contributed by atoms with Crippen LogP contribution in [-0.2, 0) is 11.3 Å². The van der Waals surface area contributed by atoms with Gasteiger partial charge in [0, 0.05) is 12.7 Å². The lowest BCUT2D eigenvalue weighted by Crippen LogP contribution is -2.24. The number of aromatic nitrogens is 2. The van der Waals surface area contributed by atoms with Crippen molar-refractivity contribution >= 4 is 11.9 Å². The molecule has 0 saturated heterocycles. The first-order valence-corrected chi connectivity index (χ1v) is 9.27. The van der Waals surface area contributed by atoms with Gasteiger partial charge in [-0.25, -0.2) is 14.2 Å². The summed E-state index contributed by atoms with van der Waals surface area (Å²) in [6.45, 7) is 3.69. The second-order valence-electron chi connectivity index (χ2n) is 6.29. The van der Waals surface area contributed by atoms with Crippen molar-refractivity contribution in [1.29, 1.82) is 0 Å². The molecule has 154 valence electrons. The summed E-state index contributed by atoms with van der Waals surface area (Å²) >= 11 is 0. The molecule has 0 aliphatic heterocycles. The SMILES string of the molecule is CCOC(=O)c1ccc(C(=O)NCc2ccc(Oc3cccnc3)c(F)c2)nc1C. The predicted molar refractivity (Wildman–Crippen MR) is 107 cm³/mol. The van der Waals surface area contributed by atoms with Crippen LogP contribution in [0.2, 0.25) is 0 Å². The fourth-order valence-electron chi connectivity index (χ4n) is 2.66. The van der Waals surface area contributed by atoms with Gasteiger partial charge in [-0.3, -0.25) is 9.78 Å². The minimum Gasteiger partial charge on any atom is -0.462 e. The molecule has 8 heteroatoms. The molecular formula is C22H20FN3O4. The van der Waals surface area contributed by atoms with Gasteiger partial charge in [-0.2, -0.15) is 0 Å². The van der Waals surface area contributed by atoms with E-state index in [4.69, 9.17) is 9.47 Å². The first-order valence-electron chi connectivity index (χ1n) is 9.27. The highest BCUT2D eigenvalue weighted by Gasteiger charge is 2.15. The molecule has 2 aromatic heterocycles. The van der Waals surface area contributed by atoms with Crippen LogP contribution in [0.1, 0.15) is 39.0 Å². The molecule has 7 nitrogen and oxygen atoms in total. The van der Waals surface area contributed by atoms with Crippen LogP contribution in [0, 0.1) is 12.7 Å². The Bertz CT molecular complexity index is 1060. The van der Waals surface area contributed by atoms with E-state index in [1.165, 1.54) is 30.5 Å². The zero-order valence-corrected chi connectivity index (χ0v) is 16.5. The van der Waals surface area contributed by atoms with Gasteiger partial charge in [0.15, 0.2) is 11.6 Å². The third kappa shape index (κ3) is 5.16. The van der Waals surface area contributed by atoms with Gasteiger partial charge < -0.3 is 14.8 Å². The average Bonchev–Trinajstić information content (AvgIpc) is 2.74. The first kappa shape index (κ1) is 20.9. The number of benzene rings is 1. The minimum atomic E-state index is -0.557. The second-order valence-corrected chi connectivity index (χ2v) is 6.29. The third-order valence-electron chi connectivity index (χ3n) is 4.13. The maximum absolute atomic E-state index is 14.3. The standard InChI is InChI=1S/C22H20FN3O4/c1-3-29-22(28)17-7-8-19(26-14(17)2)21(27)25-12-15-6-9-20(18(23)11-15)30-16-5-4-10-24-13-16/h4-11,13H,3,12H2,1-2H3,(H,25,27). The van der Waals surface area contributed by atoms with E-state index in [-0.39, 0.29) is 24.6 Å². The molecule has 1 amide bonds. The molecule has 0 radical (unpaired) electrons. The van der Waals surface area contributed by atoms with E-state index in [1.807, 2.05) is 0 Å². The minimum absolute atomic E-state index is 0.0601. The van der Waals surface area contributed by atoms with E-state index < -0.39 is 17.7 Å². The largest absolute Gasteiger partial charge is 0.462 e. The van der Waals surface area contributed by atoms with Crippen molar-refractivity contribution in [2.24, 2.45) is 0 Å². The van der Waals surface area contributed by atoms with Crippen LogP contribution in [0.15, 0.2) is 54.9 Å². The smallest absolute Gasteiger partial charge is 0.339 e. The number of amides is 1. The number of rotatable bonds is 7. The molecule has 3 rings (SSSR count). The maximum Gasteiger partial charge on any atom is 0.339 e. The number of pyridine rings is 2. The summed E-state index contributed by atoms with van der Waals surface area (Å²) in [5, 5.41) is 2.68. The molecule has 0 atom stereocenters. The number of hydrogen-bond donors (Lipinski definition) is 1. The van der Waals surface area contributed by atoms with Crippen molar-refractivity contribution < 1.29 is 23.5 Å². The molecule has 0 unspecified atom stereocenters. The Morgan fingerprint density at radius 1 is 1.17 bits per heavy atom. The first-order chi connectivity index (χ1) is 14.5. The van der Waals surface area contributed by atoms with Crippen LogP contribution in [0.25, 0.3) is 0 Å². The van der Waals surface area contributed by atoms with Gasteiger partial charge in [0.05, 0.1) is 24.1 Å². The number of hydrogen-bond acceptors (Lipinski definition) is 6. The average molecular weight is 409 g/mol. The molecule has 0 bridgehead atoms. The second kappa shape index (κ2) is 9.60. The topological polar surface area (TPSA) is 90.4 Å². The zero-order valence-electron chi connectivity index (χ0n) is 16.5. The summed E-state index contributed by atoms with van der Waals surface area (Å²) in [6.07, 6.45) is 3.07. The van der Waals surface area contributed by atoms with Crippen LogP contribution in [0.3, 0.4) is 0 Å². The van der Waals surface area contributed by atoms with E-state index in [9.17, 15) is 14.0 Å². The van der Waals surface area contributed by atoms with Crippen molar-refractivity contribution in [2.45, 2.75) is 20.4 Å². The van der Waals surface area contributed by atoms with Crippen molar-refractivity contribution in [1.82, 2.24) is 15.3 Å². The highest BCUT2D eigenvalue weighted by atomic mass is 19.1. The van der Waals surface area contributed by atoms with Crippen molar-refractivity contribution in [2.75, 3.05) is 6.61 Å². The molecule has 0 saturated carbocycles. The number of carbonyl (C=O) groups is 2. The molecule has 2 heterocycles. The normalized spacial score (nSPS) is 10.4. The van der Waals surface area contributed by atoms with Crippen molar-refractivity contribution in [3.05, 3.63) is 83.2 Å². The van der Waals surface area contributed by atoms with Crippen molar-refractivity contribution in [3.63, 3.8) is 0 Å². The Labute approximate surface area is 172 Å². The summed E-state index contributed by atoms with van der Waals surface area (Å²) in [4.78, 5) is 32.2. The monoisotopic (exact) mass is 409 g/mol. The highest BCUT2D eigenvalue weighted by molar-refractivity contribution is 5.95. The van der Waals surface area contributed by atoms with Gasteiger partial charge in [0.25, 0.3) is 5.91 Å². The Morgan fingerprint density at radius 3 is 2.67 bits per heavy atom. The van der Waals surface area contributed by atoms with E-state index in [0.717, 1.165) is 0 Å². The highest BCUT2D eigenvalue weighted by Crippen LogP contribution is 2.24. The molecular weight excluding hydrogens is 389 g/mol. The molecule has 1 aromatic carbocycles. The Morgan fingerprint density at radius 2 is 2.00 bits per heavy atom. The van der Waals surface area contributed by atoms with Gasteiger partial charge in [-0.1, -0.05) is 6.07 Å². The van der Waals surface area contributed by atoms with Crippen LogP contribution in [0.4, 0.5) is 4.39 Å². The van der Waals surface area contributed by atoms with Crippen LogP contribution < -0.4 is 10.1 Å². The number of nitrogens with zero attached hydrogens (tertiary/aromatic N) is 2. The van der Waals surface area contributed by atoms with Crippen LogP contribution in [-0.4, -0.2) is 28.5 Å². The molecule has 0 aliphatic carbocycles. The number of ether oxygens (including phenoxy) is 2. The van der Waals surface area contributed by atoms with Gasteiger partial charge >= 0.3 is 5.97 Å². The summed E-state index contributed by atoms with van der Waals surface area (Å²) in [5.41, 5.74) is 1.40. The van der Waals surface area contributed by atoms with E-state index in [0.29, 0.717) is 22.6 Å². The van der Waals surface area contributed by atoms with Gasteiger partial charge in [0.1, 0.15) is 11.4 Å². The molecule has 30 heavy (non-hydrogen) atoms. The lowest BCUT2D eigenvalue weighted by Gasteiger charge is -2.10. The summed E-state index contributed by atoms with van der Waals surface area (Å²) in [5.74, 6) is -1.00. The van der Waals surface area contributed by atoms with Crippen molar-refractivity contribution in [3.8, 4) is 11.5 Å². The maximum atomic E-state index is 14.3. The lowest BCUT2D eigenvalue weighted by molar-refractivity contribution is 0.0524. The summed E-state index contributed by atoms with van der Waals surface area (Å²) < 4.78 is 24.7. The number of nitrogens with one attached hydrogen (secondary N) is 1. The fourth-order valence-corrected chi connectivity index (χ4v) is 2.66. The summed E-state index contributed by atoms with van der Waals surface area (Å²) in [7, 11) is 0. The van der Waals surface area contributed by atoms with Gasteiger partial charge in [0.2, 0.25) is 0 Å². The molecule has 3 aromatic rings. The molecule has 1 N–H and O–H groups in total. The fraction of sp³-hybridized carbons (Fsp3) is 0.182. The quantitative estimate of drug-likeness (QED) is 0.597. The lowest BCUT2D eigenvalue weighted by atomic mass is 10.1. The van der Waals surface area contributed by atoms with Gasteiger partial charge in [-0.15, -0.1) is 0 Å². The van der Waals surface area contributed by atoms with E-state index in [1.54, 1.807) is 38.2 Å². The van der Waals surface area contributed by atoms with E-state index >= 15 is 0 Å². The third-order valence-corrected chi connectivity index (χ3v) is 4.13. The molecule has 0 aliphatic rings. The van der Waals surface area contributed by atoms with E-state index in [2.05, 4.69) is 15.3 Å². The number of esters is 1. The number of carbonyl (C=O) groups excluding carboxylic acids is 2. The molecule has 0 fully saturated rings. The van der Waals surface area contributed by atoms with Crippen LogP contribution in [0.5, 0.6) is 11.5 Å². The van der Waals surface area contributed by atoms with Gasteiger partial charge in [-0.05, 0) is 55.8 Å². The molecule has 0 spiro atoms. The Kier molecular flexibility index (Phi) is 6.69. The Hall–Kier alpha value is -3.81. The Balaban J connectivity index is 1.62. The summed E-state index contributed by atoms with van der Waals surface area (Å²) in [6, 6.07) is 10.7.